The highest BCUT2D eigenvalue weighted by molar-refractivity contribution is 7.99. The largest absolute Gasteiger partial charge is 0.294 e. The third-order valence-electron chi connectivity index (χ3n) is 3.55. The van der Waals surface area contributed by atoms with E-state index < -0.39 is 0 Å². The molecule has 1 unspecified atom stereocenters. The van der Waals surface area contributed by atoms with E-state index >= 15 is 0 Å². The SMILES string of the molecule is CC1CCN(C(C)(C)C)[C@@H](C(C)(C)C)CS1. The van der Waals surface area contributed by atoms with Gasteiger partial charge in [0.1, 0.15) is 0 Å². The monoisotopic (exact) mass is 243 g/mol. The summed E-state index contributed by atoms with van der Waals surface area (Å²) in [4.78, 5) is 2.73. The Balaban J connectivity index is 2.90. The van der Waals surface area contributed by atoms with E-state index in [4.69, 9.17) is 0 Å². The second kappa shape index (κ2) is 4.89. The topological polar surface area (TPSA) is 3.24 Å². The highest BCUT2D eigenvalue weighted by Crippen LogP contribution is 2.36. The Kier molecular flexibility index (Phi) is 4.40. The molecule has 16 heavy (non-hydrogen) atoms. The van der Waals surface area contributed by atoms with Gasteiger partial charge >= 0.3 is 0 Å². The van der Waals surface area contributed by atoms with Crippen LogP contribution in [0.2, 0.25) is 0 Å². The van der Waals surface area contributed by atoms with E-state index in [1.54, 1.807) is 0 Å². The van der Waals surface area contributed by atoms with Crippen LogP contribution in [-0.4, -0.2) is 34.0 Å². The maximum atomic E-state index is 2.73. The van der Waals surface area contributed by atoms with Crippen molar-refractivity contribution >= 4 is 11.8 Å². The van der Waals surface area contributed by atoms with Gasteiger partial charge in [0.2, 0.25) is 0 Å². The molecule has 0 amide bonds. The average molecular weight is 243 g/mol. The van der Waals surface area contributed by atoms with E-state index in [1.165, 1.54) is 18.7 Å². The van der Waals surface area contributed by atoms with Crippen LogP contribution in [0.25, 0.3) is 0 Å². The Morgan fingerprint density at radius 3 is 2.06 bits per heavy atom. The standard InChI is InChI=1S/C14H29NS/c1-11-8-9-15(14(5,6)7)12(10-16-11)13(2,3)4/h11-12H,8-10H2,1-7H3/t11?,12-/m1/s1. The minimum atomic E-state index is 0.294. The normalized spacial score (nSPS) is 30.2. The van der Waals surface area contributed by atoms with Crippen LogP contribution in [0.3, 0.4) is 0 Å². The molecule has 1 aliphatic heterocycles. The van der Waals surface area contributed by atoms with Crippen molar-refractivity contribution in [3.05, 3.63) is 0 Å². The van der Waals surface area contributed by atoms with Crippen LogP contribution >= 0.6 is 11.8 Å². The van der Waals surface area contributed by atoms with Gasteiger partial charge in [0, 0.05) is 29.1 Å². The molecule has 0 aliphatic carbocycles. The highest BCUT2D eigenvalue weighted by atomic mass is 32.2. The van der Waals surface area contributed by atoms with Gasteiger partial charge in [-0.15, -0.1) is 0 Å². The average Bonchev–Trinajstić information content (AvgIpc) is 2.23. The summed E-state index contributed by atoms with van der Waals surface area (Å²) in [6.07, 6.45) is 1.33. The molecule has 2 atom stereocenters. The van der Waals surface area contributed by atoms with Crippen molar-refractivity contribution in [2.75, 3.05) is 12.3 Å². The molecule has 0 aromatic rings. The Labute approximate surface area is 106 Å². The second-order valence-corrected chi connectivity index (χ2v) is 8.65. The van der Waals surface area contributed by atoms with Crippen LogP contribution in [0.15, 0.2) is 0 Å². The number of nitrogens with zero attached hydrogens (tertiary/aromatic N) is 1. The first-order valence-electron chi connectivity index (χ1n) is 6.50. The summed E-state index contributed by atoms with van der Waals surface area (Å²) in [5.74, 6) is 1.28. The first-order chi connectivity index (χ1) is 7.12. The summed E-state index contributed by atoms with van der Waals surface area (Å²) in [6.45, 7) is 17.8. The first kappa shape index (κ1) is 14.4. The molecule has 1 aliphatic rings. The van der Waals surface area contributed by atoms with Gasteiger partial charge in [-0.3, -0.25) is 4.90 Å². The minimum absolute atomic E-state index is 0.294. The summed E-state index contributed by atoms with van der Waals surface area (Å²) in [6, 6.07) is 0.697. The maximum absolute atomic E-state index is 2.73. The molecule has 1 nitrogen and oxygen atoms in total. The first-order valence-corrected chi connectivity index (χ1v) is 7.55. The highest BCUT2D eigenvalue weighted by Gasteiger charge is 2.37. The molecule has 0 radical (unpaired) electrons. The van der Waals surface area contributed by atoms with Crippen molar-refractivity contribution in [2.45, 2.75) is 71.7 Å². The molecule has 96 valence electrons. The van der Waals surface area contributed by atoms with Gasteiger partial charge in [0.15, 0.2) is 0 Å². The zero-order valence-electron chi connectivity index (χ0n) is 12.1. The van der Waals surface area contributed by atoms with E-state index in [0.717, 1.165) is 5.25 Å². The Hall–Kier alpha value is 0.310. The van der Waals surface area contributed by atoms with Crippen LogP contribution < -0.4 is 0 Å². The smallest absolute Gasteiger partial charge is 0.0240 e. The van der Waals surface area contributed by atoms with Crippen molar-refractivity contribution < 1.29 is 0 Å². The van der Waals surface area contributed by atoms with Gasteiger partial charge in [0.05, 0.1) is 0 Å². The van der Waals surface area contributed by atoms with Gasteiger partial charge in [-0.05, 0) is 32.6 Å². The molecular weight excluding hydrogens is 214 g/mol. The Morgan fingerprint density at radius 1 is 1.06 bits per heavy atom. The molecule has 0 bridgehead atoms. The van der Waals surface area contributed by atoms with Crippen LogP contribution in [0.4, 0.5) is 0 Å². The molecular formula is C14H29NS. The molecule has 0 N–H and O–H groups in total. The fraction of sp³-hybridized carbons (Fsp3) is 1.00. The summed E-state index contributed by atoms with van der Waals surface area (Å²) in [5.41, 5.74) is 0.674. The van der Waals surface area contributed by atoms with Gasteiger partial charge < -0.3 is 0 Å². The third-order valence-corrected chi connectivity index (χ3v) is 4.87. The molecule has 0 aromatic heterocycles. The lowest BCUT2D eigenvalue weighted by Crippen LogP contribution is -2.54. The van der Waals surface area contributed by atoms with E-state index in [-0.39, 0.29) is 0 Å². The number of hydrogen-bond acceptors (Lipinski definition) is 2. The lowest BCUT2D eigenvalue weighted by molar-refractivity contribution is 0.0367. The van der Waals surface area contributed by atoms with E-state index in [2.05, 4.69) is 65.1 Å². The maximum Gasteiger partial charge on any atom is 0.0240 e. The number of hydrogen-bond donors (Lipinski definition) is 0. The molecule has 1 saturated heterocycles. The van der Waals surface area contributed by atoms with Gasteiger partial charge in [0.25, 0.3) is 0 Å². The minimum Gasteiger partial charge on any atom is -0.294 e. The summed E-state index contributed by atoms with van der Waals surface area (Å²) in [5, 5.41) is 0.817. The Bertz CT molecular complexity index is 200. The van der Waals surface area contributed by atoms with Crippen LogP contribution in [0.5, 0.6) is 0 Å². The molecule has 2 heteroatoms. The fourth-order valence-corrected chi connectivity index (χ4v) is 3.89. The van der Waals surface area contributed by atoms with Gasteiger partial charge in [-0.25, -0.2) is 0 Å². The van der Waals surface area contributed by atoms with Crippen LogP contribution in [0, 0.1) is 5.41 Å². The lowest BCUT2D eigenvalue weighted by Gasteiger charge is -2.46. The number of rotatable bonds is 0. The molecule has 1 rings (SSSR count). The zero-order chi connectivity index (χ0) is 12.6. The Morgan fingerprint density at radius 2 is 1.62 bits per heavy atom. The molecule has 0 saturated carbocycles. The summed E-state index contributed by atoms with van der Waals surface area (Å²) < 4.78 is 0. The predicted octanol–water partition coefficient (Wildman–Crippen LogP) is 4.03. The van der Waals surface area contributed by atoms with E-state index in [1.807, 2.05) is 0 Å². The predicted molar refractivity (Wildman–Crippen MR) is 76.2 cm³/mol. The lowest BCUT2D eigenvalue weighted by atomic mass is 9.84. The molecule has 1 heterocycles. The van der Waals surface area contributed by atoms with Crippen molar-refractivity contribution in [3.8, 4) is 0 Å². The van der Waals surface area contributed by atoms with Crippen molar-refractivity contribution in [1.29, 1.82) is 0 Å². The van der Waals surface area contributed by atoms with Gasteiger partial charge in [-0.2, -0.15) is 11.8 Å². The van der Waals surface area contributed by atoms with Gasteiger partial charge in [-0.1, -0.05) is 27.7 Å². The molecule has 0 aromatic carbocycles. The summed E-state index contributed by atoms with van der Waals surface area (Å²) in [7, 11) is 0. The fourth-order valence-electron chi connectivity index (χ4n) is 2.43. The quantitative estimate of drug-likeness (QED) is 0.632. The molecule has 0 spiro atoms. The van der Waals surface area contributed by atoms with Crippen LogP contribution in [-0.2, 0) is 0 Å². The van der Waals surface area contributed by atoms with Crippen LogP contribution in [0.1, 0.15) is 54.9 Å². The van der Waals surface area contributed by atoms with Crippen molar-refractivity contribution in [1.82, 2.24) is 4.90 Å². The number of thioether (sulfide) groups is 1. The second-order valence-electron chi connectivity index (χ2n) is 7.18. The van der Waals surface area contributed by atoms with Crippen molar-refractivity contribution in [3.63, 3.8) is 0 Å². The van der Waals surface area contributed by atoms with E-state index in [9.17, 15) is 0 Å². The summed E-state index contributed by atoms with van der Waals surface area (Å²) >= 11 is 2.15. The molecule has 1 fully saturated rings. The zero-order valence-corrected chi connectivity index (χ0v) is 12.9. The van der Waals surface area contributed by atoms with Crippen molar-refractivity contribution in [2.24, 2.45) is 5.41 Å². The third kappa shape index (κ3) is 3.66. The van der Waals surface area contributed by atoms with E-state index in [0.29, 0.717) is 17.0 Å².